The number of carbonyl (C=O) groups is 1. The Kier molecular flexibility index (Phi) is 3.92. The van der Waals surface area contributed by atoms with Gasteiger partial charge in [0.05, 0.1) is 0 Å². The number of anilines is 1. The average molecular weight is 258 g/mol. The molecule has 1 amide bonds. The minimum atomic E-state index is -0.386. The number of rotatable bonds is 3. The van der Waals surface area contributed by atoms with E-state index < -0.39 is 0 Å². The molecule has 98 valence electrons. The summed E-state index contributed by atoms with van der Waals surface area (Å²) in [6, 6.07) is 11.7. The number of aryl methyl sites for hydroxylation is 1. The predicted molar refractivity (Wildman–Crippen MR) is 73.4 cm³/mol. The van der Waals surface area contributed by atoms with Crippen LogP contribution in [-0.2, 0) is 6.54 Å². The third kappa shape index (κ3) is 3.17. The first kappa shape index (κ1) is 13.2. The highest BCUT2D eigenvalue weighted by atomic mass is 19.1. The van der Waals surface area contributed by atoms with Crippen LogP contribution in [0.3, 0.4) is 0 Å². The molecular formula is C15H15FN2O. The van der Waals surface area contributed by atoms with Gasteiger partial charge in [0.2, 0.25) is 0 Å². The number of carbonyl (C=O) groups excluding carboxylic acids is 1. The number of halogens is 1. The summed E-state index contributed by atoms with van der Waals surface area (Å²) in [6.45, 7) is 2.06. The van der Waals surface area contributed by atoms with Crippen LogP contribution in [0, 0.1) is 12.7 Å². The van der Waals surface area contributed by atoms with E-state index in [1.165, 1.54) is 6.07 Å². The third-order valence-corrected chi connectivity index (χ3v) is 2.85. The van der Waals surface area contributed by atoms with Crippen LogP contribution in [0.4, 0.5) is 10.1 Å². The van der Waals surface area contributed by atoms with Gasteiger partial charge in [-0.05, 0) is 42.3 Å². The lowest BCUT2D eigenvalue weighted by molar-refractivity contribution is 0.102. The first-order valence-electron chi connectivity index (χ1n) is 5.96. The summed E-state index contributed by atoms with van der Waals surface area (Å²) in [4.78, 5) is 12.0. The van der Waals surface area contributed by atoms with Crippen molar-refractivity contribution >= 4 is 11.6 Å². The summed E-state index contributed by atoms with van der Waals surface area (Å²) in [5.74, 6) is -0.726. The van der Waals surface area contributed by atoms with Crippen LogP contribution in [0.5, 0.6) is 0 Å². The van der Waals surface area contributed by atoms with Crippen molar-refractivity contribution in [1.29, 1.82) is 0 Å². The molecule has 0 aliphatic rings. The van der Waals surface area contributed by atoms with Crippen molar-refractivity contribution in [2.75, 3.05) is 5.32 Å². The maximum absolute atomic E-state index is 13.4. The van der Waals surface area contributed by atoms with E-state index in [0.29, 0.717) is 23.4 Å². The molecule has 3 N–H and O–H groups in total. The zero-order valence-corrected chi connectivity index (χ0v) is 10.6. The zero-order chi connectivity index (χ0) is 13.8. The van der Waals surface area contributed by atoms with Gasteiger partial charge in [-0.15, -0.1) is 0 Å². The van der Waals surface area contributed by atoms with Crippen LogP contribution >= 0.6 is 0 Å². The first-order chi connectivity index (χ1) is 9.10. The SMILES string of the molecule is Cc1ccc(C(=O)Nc2cccc(CN)c2)cc1F. The van der Waals surface area contributed by atoms with Crippen LogP contribution in [0.2, 0.25) is 0 Å². The summed E-state index contributed by atoms with van der Waals surface area (Å²) in [5, 5.41) is 2.72. The van der Waals surface area contributed by atoms with Gasteiger partial charge in [-0.3, -0.25) is 4.79 Å². The number of benzene rings is 2. The zero-order valence-electron chi connectivity index (χ0n) is 10.6. The van der Waals surface area contributed by atoms with Crippen LogP contribution in [0.25, 0.3) is 0 Å². The fourth-order valence-electron chi connectivity index (χ4n) is 1.71. The van der Waals surface area contributed by atoms with Crippen molar-refractivity contribution in [3.8, 4) is 0 Å². The molecule has 0 saturated carbocycles. The molecular weight excluding hydrogens is 243 g/mol. The minimum Gasteiger partial charge on any atom is -0.326 e. The molecule has 0 atom stereocenters. The number of amides is 1. The molecule has 0 spiro atoms. The summed E-state index contributed by atoms with van der Waals surface area (Å²) >= 11 is 0. The Balaban J connectivity index is 2.18. The van der Waals surface area contributed by atoms with Gasteiger partial charge in [0.1, 0.15) is 5.82 Å². The topological polar surface area (TPSA) is 55.1 Å². The Hall–Kier alpha value is -2.20. The van der Waals surface area contributed by atoms with Crippen molar-refractivity contribution in [3.63, 3.8) is 0 Å². The van der Waals surface area contributed by atoms with Gasteiger partial charge >= 0.3 is 0 Å². The fraction of sp³-hybridized carbons (Fsp3) is 0.133. The summed E-state index contributed by atoms with van der Waals surface area (Å²) in [6.07, 6.45) is 0. The lowest BCUT2D eigenvalue weighted by Gasteiger charge is -2.07. The highest BCUT2D eigenvalue weighted by molar-refractivity contribution is 6.04. The van der Waals surface area contributed by atoms with Gasteiger partial charge in [-0.25, -0.2) is 4.39 Å². The van der Waals surface area contributed by atoms with Gasteiger partial charge < -0.3 is 11.1 Å². The largest absolute Gasteiger partial charge is 0.326 e. The second-order valence-corrected chi connectivity index (χ2v) is 4.32. The second kappa shape index (κ2) is 5.63. The minimum absolute atomic E-state index is 0.293. The highest BCUT2D eigenvalue weighted by Crippen LogP contribution is 2.14. The molecule has 2 aromatic carbocycles. The van der Waals surface area contributed by atoms with E-state index in [-0.39, 0.29) is 11.7 Å². The molecule has 2 rings (SSSR count). The Morgan fingerprint density at radius 2 is 2.05 bits per heavy atom. The van der Waals surface area contributed by atoms with Gasteiger partial charge in [0.15, 0.2) is 0 Å². The molecule has 0 aliphatic carbocycles. The quantitative estimate of drug-likeness (QED) is 0.889. The first-order valence-corrected chi connectivity index (χ1v) is 5.96. The van der Waals surface area contributed by atoms with E-state index in [2.05, 4.69) is 5.32 Å². The Morgan fingerprint density at radius 1 is 1.26 bits per heavy atom. The van der Waals surface area contributed by atoms with Crippen molar-refractivity contribution < 1.29 is 9.18 Å². The van der Waals surface area contributed by atoms with Gasteiger partial charge in [-0.1, -0.05) is 18.2 Å². The Labute approximate surface area is 111 Å². The van der Waals surface area contributed by atoms with Crippen LogP contribution in [0.15, 0.2) is 42.5 Å². The molecule has 4 heteroatoms. The van der Waals surface area contributed by atoms with Gasteiger partial charge in [0, 0.05) is 17.8 Å². The van der Waals surface area contributed by atoms with Gasteiger partial charge in [0.25, 0.3) is 5.91 Å². The number of nitrogens with one attached hydrogen (secondary N) is 1. The third-order valence-electron chi connectivity index (χ3n) is 2.85. The van der Waals surface area contributed by atoms with E-state index in [9.17, 15) is 9.18 Å². The van der Waals surface area contributed by atoms with Crippen LogP contribution in [-0.4, -0.2) is 5.91 Å². The van der Waals surface area contributed by atoms with E-state index >= 15 is 0 Å². The summed E-state index contributed by atoms with van der Waals surface area (Å²) in [7, 11) is 0. The standard InChI is InChI=1S/C15H15FN2O/c1-10-5-6-12(8-14(10)16)15(19)18-13-4-2-3-11(7-13)9-17/h2-8H,9,17H2,1H3,(H,18,19). The van der Waals surface area contributed by atoms with Crippen molar-refractivity contribution in [3.05, 3.63) is 65.0 Å². The van der Waals surface area contributed by atoms with E-state index in [1.807, 2.05) is 12.1 Å². The van der Waals surface area contributed by atoms with Gasteiger partial charge in [-0.2, -0.15) is 0 Å². The number of hydrogen-bond acceptors (Lipinski definition) is 2. The highest BCUT2D eigenvalue weighted by Gasteiger charge is 2.08. The molecule has 0 fully saturated rings. The van der Waals surface area contributed by atoms with E-state index in [0.717, 1.165) is 5.56 Å². The number of nitrogens with two attached hydrogens (primary N) is 1. The van der Waals surface area contributed by atoms with Crippen LogP contribution in [0.1, 0.15) is 21.5 Å². The normalized spacial score (nSPS) is 10.3. The van der Waals surface area contributed by atoms with E-state index in [1.54, 1.807) is 31.2 Å². The summed E-state index contributed by atoms with van der Waals surface area (Å²) in [5.41, 5.74) is 7.91. The molecule has 19 heavy (non-hydrogen) atoms. The molecule has 0 aromatic heterocycles. The Bertz CT molecular complexity index is 611. The van der Waals surface area contributed by atoms with E-state index in [4.69, 9.17) is 5.73 Å². The van der Waals surface area contributed by atoms with Crippen molar-refractivity contribution in [2.24, 2.45) is 5.73 Å². The molecule has 0 saturated heterocycles. The van der Waals surface area contributed by atoms with Crippen LogP contribution < -0.4 is 11.1 Å². The molecule has 0 aliphatic heterocycles. The monoisotopic (exact) mass is 258 g/mol. The maximum atomic E-state index is 13.4. The molecule has 0 heterocycles. The van der Waals surface area contributed by atoms with Crippen molar-refractivity contribution in [1.82, 2.24) is 0 Å². The molecule has 3 nitrogen and oxygen atoms in total. The average Bonchev–Trinajstić information content (AvgIpc) is 2.42. The maximum Gasteiger partial charge on any atom is 0.255 e. The smallest absolute Gasteiger partial charge is 0.255 e. The lowest BCUT2D eigenvalue weighted by atomic mass is 10.1. The predicted octanol–water partition coefficient (Wildman–Crippen LogP) is 2.85. The molecule has 0 bridgehead atoms. The Morgan fingerprint density at radius 3 is 2.74 bits per heavy atom. The van der Waals surface area contributed by atoms with Crippen molar-refractivity contribution in [2.45, 2.75) is 13.5 Å². The molecule has 2 aromatic rings. The lowest BCUT2D eigenvalue weighted by Crippen LogP contribution is -2.12. The molecule has 0 radical (unpaired) electrons. The summed E-state index contributed by atoms with van der Waals surface area (Å²) < 4.78 is 13.4. The molecule has 0 unspecified atom stereocenters. The fourth-order valence-corrected chi connectivity index (χ4v) is 1.71. The number of hydrogen-bond donors (Lipinski definition) is 2. The second-order valence-electron chi connectivity index (χ2n) is 4.32.